The maximum Gasteiger partial charge on any atom is 0.150 e. The summed E-state index contributed by atoms with van der Waals surface area (Å²) in [6.45, 7) is 5.18. The molecule has 0 aliphatic carbocycles. The Morgan fingerprint density at radius 1 is 1.30 bits per heavy atom. The minimum atomic E-state index is -0.0399. The molecule has 0 bridgehead atoms. The molecule has 0 spiro atoms. The van der Waals surface area contributed by atoms with Gasteiger partial charge in [-0.15, -0.1) is 0 Å². The van der Waals surface area contributed by atoms with Crippen LogP contribution in [0.15, 0.2) is 18.3 Å². The topological polar surface area (TPSA) is 81.1 Å². The van der Waals surface area contributed by atoms with Crippen molar-refractivity contribution >= 4 is 16.9 Å². The van der Waals surface area contributed by atoms with Gasteiger partial charge in [-0.1, -0.05) is 0 Å². The van der Waals surface area contributed by atoms with Crippen molar-refractivity contribution in [1.29, 1.82) is 0 Å². The Balaban J connectivity index is 1.54. The van der Waals surface area contributed by atoms with Crippen molar-refractivity contribution in [3.05, 3.63) is 24.4 Å². The van der Waals surface area contributed by atoms with E-state index in [9.17, 15) is 0 Å². The smallest absolute Gasteiger partial charge is 0.150 e. The van der Waals surface area contributed by atoms with Crippen molar-refractivity contribution in [2.75, 3.05) is 31.3 Å². The largest absolute Gasteiger partial charge is 0.377 e. The van der Waals surface area contributed by atoms with E-state index < -0.39 is 0 Å². The van der Waals surface area contributed by atoms with Crippen molar-refractivity contribution in [3.63, 3.8) is 0 Å². The highest BCUT2D eigenvalue weighted by molar-refractivity contribution is 5.89. The number of H-pyrrole nitrogens is 1. The zero-order chi connectivity index (χ0) is 18.2. The van der Waals surface area contributed by atoms with E-state index in [1.165, 1.54) is 0 Å². The molecule has 0 amide bonds. The Morgan fingerprint density at radius 3 is 3.11 bits per heavy atom. The van der Waals surface area contributed by atoms with Crippen LogP contribution >= 0.6 is 0 Å². The number of fused-ring (bicyclic) bond motifs is 1. The van der Waals surface area contributed by atoms with E-state index in [1.807, 2.05) is 16.8 Å². The Labute approximate surface area is 157 Å². The molecule has 8 heteroatoms. The van der Waals surface area contributed by atoms with Gasteiger partial charge in [0.2, 0.25) is 0 Å². The van der Waals surface area contributed by atoms with E-state index in [4.69, 9.17) is 14.5 Å². The summed E-state index contributed by atoms with van der Waals surface area (Å²) in [6.07, 6.45) is 4.98. The zero-order valence-electron chi connectivity index (χ0n) is 15.4. The number of rotatable bonds is 3. The van der Waals surface area contributed by atoms with E-state index in [0.29, 0.717) is 13.2 Å². The van der Waals surface area contributed by atoms with Crippen LogP contribution in [0.3, 0.4) is 0 Å². The van der Waals surface area contributed by atoms with E-state index in [0.717, 1.165) is 60.7 Å². The molecule has 1 radical (unpaired) electrons. The minimum absolute atomic E-state index is 0.0399. The van der Waals surface area contributed by atoms with E-state index in [-0.39, 0.29) is 12.3 Å². The average molecular weight is 367 g/mol. The first-order chi connectivity index (χ1) is 13.3. The van der Waals surface area contributed by atoms with Gasteiger partial charge in [-0.05, 0) is 38.3 Å². The molecule has 0 saturated carbocycles. The number of ether oxygens (including phenoxy) is 2. The summed E-state index contributed by atoms with van der Waals surface area (Å²) in [5, 5.41) is 12.1. The third-order valence-electron chi connectivity index (χ3n) is 5.32. The van der Waals surface area contributed by atoms with Gasteiger partial charge >= 0.3 is 0 Å². The summed E-state index contributed by atoms with van der Waals surface area (Å²) < 4.78 is 13.4. The van der Waals surface area contributed by atoms with Gasteiger partial charge in [0.25, 0.3) is 0 Å². The lowest BCUT2D eigenvalue weighted by Gasteiger charge is -2.34. The second-order valence-corrected chi connectivity index (χ2v) is 7.15. The van der Waals surface area contributed by atoms with Crippen molar-refractivity contribution in [3.8, 4) is 11.4 Å². The number of pyridine rings is 1. The molecule has 5 heterocycles. The van der Waals surface area contributed by atoms with Crippen molar-refractivity contribution < 1.29 is 9.47 Å². The number of aromatic nitrogens is 5. The number of hydrogen-bond donors (Lipinski definition) is 1. The predicted octanol–water partition coefficient (Wildman–Crippen LogP) is 2.55. The standard InChI is InChI=1S/C19H23N6O2/c1-13-12-26-11-9-24(13)16-6-5-14-18(21-16)19(23-22-14)15-7-8-20-25(15)17-4-2-3-10-27-17/h6-8,13,17H,2-4,9-12H2,1H3,(H,22,23)/t13-,17?/m1/s1. The van der Waals surface area contributed by atoms with Gasteiger partial charge in [0.05, 0.1) is 30.5 Å². The third-order valence-corrected chi connectivity index (χ3v) is 5.32. The maximum atomic E-state index is 5.92. The van der Waals surface area contributed by atoms with Gasteiger partial charge in [-0.3, -0.25) is 5.10 Å². The molecule has 27 heavy (non-hydrogen) atoms. The number of hydrogen-bond acceptors (Lipinski definition) is 6. The quantitative estimate of drug-likeness (QED) is 0.766. The van der Waals surface area contributed by atoms with E-state index in [2.05, 4.69) is 33.2 Å². The molecule has 1 unspecified atom stereocenters. The van der Waals surface area contributed by atoms with Crippen LogP contribution in [0, 0.1) is 6.07 Å². The fourth-order valence-electron chi connectivity index (χ4n) is 3.87. The fraction of sp³-hybridized carbons (Fsp3) is 0.526. The van der Waals surface area contributed by atoms with E-state index in [1.54, 1.807) is 6.20 Å². The molecule has 2 saturated heterocycles. The fourth-order valence-corrected chi connectivity index (χ4v) is 3.87. The Hall–Kier alpha value is -2.45. The molecule has 0 aromatic carbocycles. The molecule has 2 aliphatic heterocycles. The summed E-state index contributed by atoms with van der Waals surface area (Å²) >= 11 is 0. The second-order valence-electron chi connectivity index (χ2n) is 7.15. The molecule has 2 aliphatic rings. The maximum absolute atomic E-state index is 5.92. The molecule has 3 aromatic rings. The first-order valence-corrected chi connectivity index (χ1v) is 9.58. The SMILES string of the molecule is C[C@@H]1COCCN1c1c[c]c2[nH]nc(-c3ccnn3C3CCCCO3)c2n1. The number of morpholine rings is 1. The molecule has 141 valence electrons. The minimum Gasteiger partial charge on any atom is -0.377 e. The van der Waals surface area contributed by atoms with Gasteiger partial charge in [0.15, 0.2) is 6.23 Å². The first kappa shape index (κ1) is 16.7. The van der Waals surface area contributed by atoms with Gasteiger partial charge in [-0.25, -0.2) is 9.67 Å². The van der Waals surface area contributed by atoms with E-state index >= 15 is 0 Å². The zero-order valence-corrected chi connectivity index (χ0v) is 15.4. The normalized spacial score (nSPS) is 23.8. The summed E-state index contributed by atoms with van der Waals surface area (Å²) in [5.74, 6) is 0.904. The molecule has 8 nitrogen and oxygen atoms in total. The summed E-state index contributed by atoms with van der Waals surface area (Å²) in [4.78, 5) is 7.18. The summed E-state index contributed by atoms with van der Waals surface area (Å²) in [6, 6.07) is 7.48. The van der Waals surface area contributed by atoms with Crippen LogP contribution < -0.4 is 4.90 Å². The second kappa shape index (κ2) is 6.94. The molecule has 5 rings (SSSR count). The van der Waals surface area contributed by atoms with Crippen LogP contribution in [0.2, 0.25) is 0 Å². The lowest BCUT2D eigenvalue weighted by atomic mass is 10.2. The molecular weight excluding hydrogens is 344 g/mol. The first-order valence-electron chi connectivity index (χ1n) is 9.58. The van der Waals surface area contributed by atoms with Crippen molar-refractivity contribution in [2.45, 2.75) is 38.5 Å². The molecule has 2 fully saturated rings. The van der Waals surface area contributed by atoms with Crippen LogP contribution in [0.1, 0.15) is 32.4 Å². The predicted molar refractivity (Wildman–Crippen MR) is 100 cm³/mol. The van der Waals surface area contributed by atoms with Gasteiger partial charge in [-0.2, -0.15) is 10.2 Å². The number of aromatic amines is 1. The highest BCUT2D eigenvalue weighted by Gasteiger charge is 2.24. The van der Waals surface area contributed by atoms with Crippen LogP contribution in [-0.4, -0.2) is 57.4 Å². The molecule has 3 aromatic heterocycles. The van der Waals surface area contributed by atoms with Crippen molar-refractivity contribution in [1.82, 2.24) is 25.0 Å². The highest BCUT2D eigenvalue weighted by Crippen LogP contribution is 2.31. The van der Waals surface area contributed by atoms with Crippen LogP contribution in [0.5, 0.6) is 0 Å². The molecular formula is C19H23N6O2. The van der Waals surface area contributed by atoms with Gasteiger partial charge in [0.1, 0.15) is 17.0 Å². The molecule has 2 atom stereocenters. The van der Waals surface area contributed by atoms with Crippen molar-refractivity contribution in [2.24, 2.45) is 0 Å². The number of nitrogens with zero attached hydrogens (tertiary/aromatic N) is 5. The summed E-state index contributed by atoms with van der Waals surface area (Å²) in [5.41, 5.74) is 3.31. The van der Waals surface area contributed by atoms with Crippen LogP contribution in [0.25, 0.3) is 22.4 Å². The third kappa shape index (κ3) is 2.98. The summed E-state index contributed by atoms with van der Waals surface area (Å²) in [7, 11) is 0. The highest BCUT2D eigenvalue weighted by atomic mass is 16.5. The van der Waals surface area contributed by atoms with Crippen LogP contribution in [-0.2, 0) is 9.47 Å². The van der Waals surface area contributed by atoms with Gasteiger partial charge in [0, 0.05) is 25.4 Å². The molecule has 1 N–H and O–H groups in total. The number of anilines is 1. The number of nitrogens with one attached hydrogen (secondary N) is 1. The Kier molecular flexibility index (Phi) is 4.29. The van der Waals surface area contributed by atoms with Crippen LogP contribution in [0.4, 0.5) is 5.82 Å². The monoisotopic (exact) mass is 367 g/mol. The lowest BCUT2D eigenvalue weighted by molar-refractivity contribution is -0.0383. The van der Waals surface area contributed by atoms with Gasteiger partial charge < -0.3 is 14.4 Å². The lowest BCUT2D eigenvalue weighted by Crippen LogP contribution is -2.44. The Bertz CT molecular complexity index is 929. The average Bonchev–Trinajstić information content (AvgIpc) is 3.35. The Morgan fingerprint density at radius 2 is 2.26 bits per heavy atom.